The van der Waals surface area contributed by atoms with Gasteiger partial charge >= 0.3 is 6.09 Å². The van der Waals surface area contributed by atoms with Crippen molar-refractivity contribution in [3.8, 4) is 28.7 Å². The van der Waals surface area contributed by atoms with Crippen LogP contribution < -0.4 is 15.2 Å². The first-order chi connectivity index (χ1) is 18.4. The van der Waals surface area contributed by atoms with Crippen LogP contribution in [-0.2, 0) is 11.3 Å². The van der Waals surface area contributed by atoms with E-state index in [2.05, 4.69) is 6.07 Å². The van der Waals surface area contributed by atoms with Gasteiger partial charge in [-0.15, -0.1) is 0 Å². The van der Waals surface area contributed by atoms with Crippen molar-refractivity contribution >= 4 is 34.3 Å². The van der Waals surface area contributed by atoms with E-state index in [1.165, 1.54) is 22.8 Å². The SMILES string of the molecule is C[C@H]1CN(C(=O)OC(C)(C)C)CCN1c1c(C#N)c(=O)n2c3c(c(-c4c(O)cccc4F)c(Cl)cc13)OCC2. The Morgan fingerprint density at radius 2 is 2.00 bits per heavy atom. The lowest BCUT2D eigenvalue weighted by molar-refractivity contribution is 0.0219. The van der Waals surface area contributed by atoms with Crippen LogP contribution in [0, 0.1) is 17.1 Å². The third-order valence-corrected chi connectivity index (χ3v) is 7.21. The molecule has 0 spiro atoms. The topological polar surface area (TPSA) is 108 Å². The van der Waals surface area contributed by atoms with Gasteiger partial charge in [0.25, 0.3) is 5.56 Å². The minimum absolute atomic E-state index is 0.0505. The largest absolute Gasteiger partial charge is 0.507 e. The summed E-state index contributed by atoms with van der Waals surface area (Å²) in [7, 11) is 0. The molecule has 3 aromatic rings. The zero-order chi connectivity index (χ0) is 28.2. The lowest BCUT2D eigenvalue weighted by Crippen LogP contribution is -2.55. The molecule has 0 saturated carbocycles. The summed E-state index contributed by atoms with van der Waals surface area (Å²) in [6.45, 7) is 8.52. The number of hydrogen-bond acceptors (Lipinski definition) is 7. The van der Waals surface area contributed by atoms with E-state index >= 15 is 0 Å². The fourth-order valence-electron chi connectivity index (χ4n) is 5.30. The average Bonchev–Trinajstić information content (AvgIpc) is 2.86. The van der Waals surface area contributed by atoms with Crippen LogP contribution in [0.4, 0.5) is 14.9 Å². The molecule has 1 amide bonds. The van der Waals surface area contributed by atoms with Crippen LogP contribution in [0.5, 0.6) is 11.5 Å². The van der Waals surface area contributed by atoms with E-state index in [4.69, 9.17) is 21.1 Å². The Morgan fingerprint density at radius 3 is 2.64 bits per heavy atom. The normalized spacial score (nSPS) is 17.1. The van der Waals surface area contributed by atoms with Crippen molar-refractivity contribution in [1.29, 1.82) is 5.26 Å². The Balaban J connectivity index is 1.70. The average molecular weight is 555 g/mol. The molecule has 2 aliphatic heterocycles. The third kappa shape index (κ3) is 4.51. The molecule has 1 N–H and O–H groups in total. The number of aromatic nitrogens is 1. The molecule has 2 aliphatic rings. The summed E-state index contributed by atoms with van der Waals surface area (Å²) in [6, 6.07) is 7.30. The fraction of sp³-hybridized carbons (Fsp3) is 0.393. The van der Waals surface area contributed by atoms with Crippen LogP contribution in [0.1, 0.15) is 33.3 Å². The first-order valence-corrected chi connectivity index (χ1v) is 13.0. The van der Waals surface area contributed by atoms with Gasteiger partial charge in [0, 0.05) is 31.1 Å². The molecule has 0 unspecified atom stereocenters. The van der Waals surface area contributed by atoms with Crippen LogP contribution in [-0.4, -0.2) is 58.6 Å². The molecule has 0 aliphatic carbocycles. The second-order valence-electron chi connectivity index (χ2n) is 10.7. The molecule has 11 heteroatoms. The highest BCUT2D eigenvalue weighted by Gasteiger charge is 2.35. The Labute approximate surface area is 229 Å². The minimum Gasteiger partial charge on any atom is -0.507 e. The number of amides is 1. The number of nitrogens with zero attached hydrogens (tertiary/aromatic N) is 4. The molecular weight excluding hydrogens is 527 g/mol. The number of ether oxygens (including phenoxy) is 2. The van der Waals surface area contributed by atoms with Gasteiger partial charge in [0.2, 0.25) is 0 Å². The van der Waals surface area contributed by atoms with Crippen LogP contribution in [0.15, 0.2) is 29.1 Å². The molecule has 2 aromatic carbocycles. The Bertz CT molecular complexity index is 1590. The van der Waals surface area contributed by atoms with Crippen molar-refractivity contribution in [1.82, 2.24) is 9.47 Å². The van der Waals surface area contributed by atoms with Gasteiger partial charge in [-0.25, -0.2) is 9.18 Å². The molecule has 1 atom stereocenters. The molecule has 5 rings (SSSR count). The van der Waals surface area contributed by atoms with Crippen molar-refractivity contribution < 1.29 is 23.8 Å². The zero-order valence-electron chi connectivity index (χ0n) is 22.0. The number of benzene rings is 2. The van der Waals surface area contributed by atoms with Crippen LogP contribution in [0.3, 0.4) is 0 Å². The maximum atomic E-state index is 14.9. The highest BCUT2D eigenvalue weighted by Crippen LogP contribution is 2.49. The first-order valence-electron chi connectivity index (χ1n) is 12.6. The Hall–Kier alpha value is -3.97. The third-order valence-electron chi connectivity index (χ3n) is 6.91. The van der Waals surface area contributed by atoms with E-state index in [9.17, 15) is 24.3 Å². The van der Waals surface area contributed by atoms with Gasteiger partial charge in [-0.2, -0.15) is 5.26 Å². The summed E-state index contributed by atoms with van der Waals surface area (Å²) in [6.07, 6.45) is -0.433. The Kier molecular flexibility index (Phi) is 6.59. The lowest BCUT2D eigenvalue weighted by Gasteiger charge is -2.42. The van der Waals surface area contributed by atoms with Gasteiger partial charge in [0.1, 0.15) is 35.4 Å². The van der Waals surface area contributed by atoms with Crippen molar-refractivity contribution in [2.75, 3.05) is 31.1 Å². The Morgan fingerprint density at radius 1 is 1.26 bits per heavy atom. The van der Waals surface area contributed by atoms with Crippen LogP contribution in [0.2, 0.25) is 5.02 Å². The van der Waals surface area contributed by atoms with Gasteiger partial charge in [-0.05, 0) is 45.9 Å². The van der Waals surface area contributed by atoms with Crippen LogP contribution >= 0.6 is 11.6 Å². The fourth-order valence-corrected chi connectivity index (χ4v) is 5.59. The molecule has 0 radical (unpaired) electrons. The number of carbonyl (C=O) groups excluding carboxylic acids is 1. The predicted octanol–water partition coefficient (Wildman–Crippen LogP) is 4.88. The van der Waals surface area contributed by atoms with E-state index in [0.717, 1.165) is 0 Å². The highest BCUT2D eigenvalue weighted by molar-refractivity contribution is 6.35. The monoisotopic (exact) mass is 554 g/mol. The van der Waals surface area contributed by atoms with E-state index in [1.807, 2.05) is 11.8 Å². The number of phenols is 1. The molecule has 3 heterocycles. The second-order valence-corrected chi connectivity index (χ2v) is 11.1. The van der Waals surface area contributed by atoms with Gasteiger partial charge in [-0.3, -0.25) is 4.79 Å². The number of pyridine rings is 1. The van der Waals surface area contributed by atoms with Crippen molar-refractivity contribution in [3.05, 3.63) is 51.0 Å². The molecular formula is C28H28ClFN4O5. The summed E-state index contributed by atoms with van der Waals surface area (Å²) in [5, 5.41) is 21.2. The van der Waals surface area contributed by atoms with Crippen LogP contribution in [0.25, 0.3) is 22.0 Å². The number of rotatable bonds is 2. The molecule has 1 aromatic heterocycles. The molecule has 204 valence electrons. The van der Waals surface area contributed by atoms with Gasteiger partial charge in [0.05, 0.1) is 33.9 Å². The molecule has 0 bridgehead atoms. The van der Waals surface area contributed by atoms with Crippen molar-refractivity contribution in [2.45, 2.75) is 45.9 Å². The first kappa shape index (κ1) is 26.6. The zero-order valence-corrected chi connectivity index (χ0v) is 22.8. The maximum Gasteiger partial charge on any atom is 0.410 e. The number of carbonyl (C=O) groups is 1. The van der Waals surface area contributed by atoms with E-state index in [-0.39, 0.29) is 52.4 Å². The molecule has 39 heavy (non-hydrogen) atoms. The summed E-state index contributed by atoms with van der Waals surface area (Å²) in [4.78, 5) is 29.8. The number of nitriles is 1. The summed E-state index contributed by atoms with van der Waals surface area (Å²) in [5.74, 6) is -0.861. The summed E-state index contributed by atoms with van der Waals surface area (Å²) < 4.78 is 27.9. The number of hydrogen-bond donors (Lipinski definition) is 1. The smallest absolute Gasteiger partial charge is 0.410 e. The summed E-state index contributed by atoms with van der Waals surface area (Å²) in [5.41, 5.74) is -0.455. The number of anilines is 1. The number of phenolic OH excluding ortho intramolecular Hbond substituents is 1. The maximum absolute atomic E-state index is 14.9. The lowest BCUT2D eigenvalue weighted by atomic mass is 9.97. The predicted molar refractivity (Wildman–Crippen MR) is 145 cm³/mol. The van der Waals surface area contributed by atoms with Gasteiger partial charge in [0.15, 0.2) is 5.75 Å². The minimum atomic E-state index is -0.698. The standard InChI is InChI=1S/C28H28ClFN4O5/c1-15-14-32(27(37)39-28(2,3)4)8-9-33(15)23-16-12-18(29)21(22-19(30)6-5-7-20(22)35)25-24(16)34(10-11-38-25)26(36)17(23)13-31/h5-7,12,15,35H,8-11,14H2,1-4H3/t15-/m0/s1. The number of piperazine rings is 1. The van der Waals surface area contributed by atoms with E-state index in [0.29, 0.717) is 36.2 Å². The van der Waals surface area contributed by atoms with Crippen molar-refractivity contribution in [3.63, 3.8) is 0 Å². The quantitative estimate of drug-likeness (QED) is 0.481. The number of aromatic hydroxyl groups is 1. The summed E-state index contributed by atoms with van der Waals surface area (Å²) >= 11 is 6.73. The molecule has 1 saturated heterocycles. The number of halogens is 2. The molecule has 1 fully saturated rings. The highest BCUT2D eigenvalue weighted by atomic mass is 35.5. The van der Waals surface area contributed by atoms with Crippen molar-refractivity contribution in [2.24, 2.45) is 0 Å². The second kappa shape index (κ2) is 9.65. The van der Waals surface area contributed by atoms with Gasteiger partial charge in [-0.1, -0.05) is 17.7 Å². The van der Waals surface area contributed by atoms with E-state index in [1.54, 1.807) is 31.7 Å². The van der Waals surface area contributed by atoms with Gasteiger partial charge < -0.3 is 28.9 Å². The van der Waals surface area contributed by atoms with E-state index < -0.39 is 23.1 Å². The molecule has 9 nitrogen and oxygen atoms in total.